The van der Waals surface area contributed by atoms with Gasteiger partial charge in [-0.25, -0.2) is 9.97 Å². The van der Waals surface area contributed by atoms with Crippen LogP contribution in [-0.2, 0) is 11.2 Å². The fourth-order valence-electron chi connectivity index (χ4n) is 4.05. The molecule has 0 atom stereocenters. The Morgan fingerprint density at radius 1 is 0.970 bits per heavy atom. The van der Waals surface area contributed by atoms with Crippen molar-refractivity contribution in [2.24, 2.45) is 0 Å². The van der Waals surface area contributed by atoms with Crippen molar-refractivity contribution in [3.63, 3.8) is 0 Å². The summed E-state index contributed by atoms with van der Waals surface area (Å²) in [5.74, 6) is 2.75. The third kappa shape index (κ3) is 6.09. The minimum Gasteiger partial charge on any atom is -0.494 e. The molecule has 1 aromatic heterocycles. The first-order chi connectivity index (χ1) is 16.1. The molecule has 0 saturated carbocycles. The second-order valence-electron chi connectivity index (χ2n) is 8.34. The third-order valence-electron chi connectivity index (χ3n) is 5.99. The zero-order valence-electron chi connectivity index (χ0n) is 19.5. The first kappa shape index (κ1) is 22.8. The van der Waals surface area contributed by atoms with Gasteiger partial charge in [-0.15, -0.1) is 0 Å². The molecule has 2 heterocycles. The van der Waals surface area contributed by atoms with E-state index in [0.29, 0.717) is 26.1 Å². The van der Waals surface area contributed by atoms with Gasteiger partial charge < -0.3 is 14.5 Å². The largest absolute Gasteiger partial charge is 0.494 e. The van der Waals surface area contributed by atoms with Crippen LogP contribution in [0.4, 0.5) is 5.82 Å². The monoisotopic (exact) mass is 444 g/mol. The van der Waals surface area contributed by atoms with Gasteiger partial charge >= 0.3 is 0 Å². The van der Waals surface area contributed by atoms with E-state index in [1.54, 1.807) is 0 Å². The molecule has 1 fully saturated rings. The molecule has 0 N–H and O–H groups in total. The number of benzene rings is 2. The van der Waals surface area contributed by atoms with E-state index in [-0.39, 0.29) is 5.91 Å². The molecular weight excluding hydrogens is 412 g/mol. The molecule has 0 unspecified atom stereocenters. The molecule has 33 heavy (non-hydrogen) atoms. The number of carbonyl (C=O) groups excluding carboxylic acids is 1. The van der Waals surface area contributed by atoms with Crippen LogP contribution in [0.1, 0.15) is 31.2 Å². The summed E-state index contributed by atoms with van der Waals surface area (Å²) in [6, 6.07) is 20.4. The Bertz CT molecular complexity index is 1050. The van der Waals surface area contributed by atoms with Crippen molar-refractivity contribution in [3.05, 3.63) is 72.1 Å². The molecule has 0 bridgehead atoms. The molecule has 1 amide bonds. The highest BCUT2D eigenvalue weighted by Crippen LogP contribution is 2.23. The summed E-state index contributed by atoms with van der Waals surface area (Å²) in [5.41, 5.74) is 3.31. The second-order valence-corrected chi connectivity index (χ2v) is 8.34. The Morgan fingerprint density at radius 2 is 1.70 bits per heavy atom. The lowest BCUT2D eigenvalue weighted by Crippen LogP contribution is -2.49. The van der Waals surface area contributed by atoms with Crippen LogP contribution in [0.5, 0.6) is 5.75 Å². The maximum atomic E-state index is 12.7. The highest BCUT2D eigenvalue weighted by atomic mass is 16.5. The Kier molecular flexibility index (Phi) is 7.55. The van der Waals surface area contributed by atoms with Crippen LogP contribution in [0, 0.1) is 6.92 Å². The molecule has 0 radical (unpaired) electrons. The van der Waals surface area contributed by atoms with Gasteiger partial charge in [0.1, 0.15) is 17.4 Å². The highest BCUT2D eigenvalue weighted by Gasteiger charge is 2.22. The van der Waals surface area contributed by atoms with E-state index in [4.69, 9.17) is 4.74 Å². The molecule has 6 heteroatoms. The van der Waals surface area contributed by atoms with Crippen molar-refractivity contribution < 1.29 is 9.53 Å². The molecule has 3 aromatic rings. The first-order valence-electron chi connectivity index (χ1n) is 11.8. The minimum absolute atomic E-state index is 0.198. The third-order valence-corrected chi connectivity index (χ3v) is 5.99. The summed E-state index contributed by atoms with van der Waals surface area (Å²) in [6.07, 6.45) is 2.25. The Balaban J connectivity index is 1.24. The normalized spacial score (nSPS) is 13.8. The predicted octanol–water partition coefficient (Wildman–Crippen LogP) is 4.52. The average Bonchev–Trinajstić information content (AvgIpc) is 2.87. The number of aromatic nitrogens is 2. The number of rotatable bonds is 8. The molecule has 172 valence electrons. The van der Waals surface area contributed by atoms with Crippen LogP contribution in [-0.4, -0.2) is 53.6 Å². The SMILES string of the molecule is CCc1ccc(OCCCC(=O)N2CCN(c3cc(-c4ccccc4)nc(C)n3)CC2)cc1. The molecule has 4 rings (SSSR count). The maximum absolute atomic E-state index is 12.7. The predicted molar refractivity (Wildman–Crippen MR) is 132 cm³/mol. The van der Waals surface area contributed by atoms with Crippen molar-refractivity contribution in [2.45, 2.75) is 33.1 Å². The number of anilines is 1. The van der Waals surface area contributed by atoms with Crippen LogP contribution >= 0.6 is 0 Å². The molecule has 1 aliphatic rings. The van der Waals surface area contributed by atoms with Gasteiger partial charge in [0.2, 0.25) is 5.91 Å². The zero-order chi connectivity index (χ0) is 23.0. The van der Waals surface area contributed by atoms with E-state index in [0.717, 1.165) is 54.6 Å². The first-order valence-corrected chi connectivity index (χ1v) is 11.8. The van der Waals surface area contributed by atoms with Gasteiger partial charge in [0.15, 0.2) is 0 Å². The molecule has 6 nitrogen and oxygen atoms in total. The topological polar surface area (TPSA) is 58.6 Å². The number of carbonyl (C=O) groups is 1. The van der Waals surface area contributed by atoms with Crippen molar-refractivity contribution in [2.75, 3.05) is 37.7 Å². The number of aryl methyl sites for hydroxylation is 2. The van der Waals surface area contributed by atoms with E-state index < -0.39 is 0 Å². The standard InChI is InChI=1S/C27H32N4O2/c1-3-22-11-13-24(14-12-22)33-19-7-10-27(32)31-17-15-30(16-18-31)26-20-25(28-21(2)29-26)23-8-5-4-6-9-23/h4-6,8-9,11-14,20H,3,7,10,15-19H2,1-2H3. The van der Waals surface area contributed by atoms with Gasteiger partial charge in [0.05, 0.1) is 12.3 Å². The van der Waals surface area contributed by atoms with E-state index in [1.165, 1.54) is 5.56 Å². The lowest BCUT2D eigenvalue weighted by molar-refractivity contribution is -0.131. The number of ether oxygens (including phenoxy) is 1. The molecule has 0 spiro atoms. The number of piperazine rings is 1. The van der Waals surface area contributed by atoms with Crippen LogP contribution in [0.3, 0.4) is 0 Å². The van der Waals surface area contributed by atoms with Crippen molar-refractivity contribution in [1.29, 1.82) is 0 Å². The Morgan fingerprint density at radius 3 is 2.39 bits per heavy atom. The summed E-state index contributed by atoms with van der Waals surface area (Å²) in [7, 11) is 0. The molecule has 1 aliphatic heterocycles. The average molecular weight is 445 g/mol. The van der Waals surface area contributed by atoms with Crippen LogP contribution in [0.25, 0.3) is 11.3 Å². The maximum Gasteiger partial charge on any atom is 0.222 e. The van der Waals surface area contributed by atoms with Gasteiger partial charge in [-0.05, 0) is 37.5 Å². The molecule has 1 saturated heterocycles. The summed E-state index contributed by atoms with van der Waals surface area (Å²) in [5, 5.41) is 0. The van der Waals surface area contributed by atoms with Gasteiger partial charge in [-0.1, -0.05) is 49.4 Å². The van der Waals surface area contributed by atoms with Crippen LogP contribution < -0.4 is 9.64 Å². The second kappa shape index (κ2) is 10.9. The zero-order valence-corrected chi connectivity index (χ0v) is 19.5. The van der Waals surface area contributed by atoms with Crippen LogP contribution in [0.2, 0.25) is 0 Å². The van der Waals surface area contributed by atoms with Gasteiger partial charge in [0.25, 0.3) is 0 Å². The smallest absolute Gasteiger partial charge is 0.222 e. The summed E-state index contributed by atoms with van der Waals surface area (Å²) in [6.45, 7) is 7.59. The van der Waals surface area contributed by atoms with Gasteiger partial charge in [-0.2, -0.15) is 0 Å². The van der Waals surface area contributed by atoms with Crippen molar-refractivity contribution >= 4 is 11.7 Å². The number of hydrogen-bond donors (Lipinski definition) is 0. The van der Waals surface area contributed by atoms with Crippen LogP contribution in [0.15, 0.2) is 60.7 Å². The van der Waals surface area contributed by atoms with Gasteiger partial charge in [0, 0.05) is 44.2 Å². The highest BCUT2D eigenvalue weighted by molar-refractivity contribution is 5.76. The lowest BCUT2D eigenvalue weighted by Gasteiger charge is -2.35. The van der Waals surface area contributed by atoms with Crippen molar-refractivity contribution in [3.8, 4) is 17.0 Å². The van der Waals surface area contributed by atoms with E-state index >= 15 is 0 Å². The van der Waals surface area contributed by atoms with E-state index in [1.807, 2.05) is 48.2 Å². The lowest BCUT2D eigenvalue weighted by atomic mass is 10.1. The fourth-order valence-corrected chi connectivity index (χ4v) is 4.05. The van der Waals surface area contributed by atoms with E-state index in [9.17, 15) is 4.79 Å². The molecule has 0 aliphatic carbocycles. The molecule has 2 aromatic carbocycles. The Hall–Kier alpha value is -3.41. The number of hydrogen-bond acceptors (Lipinski definition) is 5. The minimum atomic E-state index is 0.198. The van der Waals surface area contributed by atoms with E-state index in [2.05, 4.69) is 46.1 Å². The molecular formula is C27H32N4O2. The van der Waals surface area contributed by atoms with Crippen molar-refractivity contribution in [1.82, 2.24) is 14.9 Å². The summed E-state index contributed by atoms with van der Waals surface area (Å²) in [4.78, 5) is 26.1. The van der Waals surface area contributed by atoms with Gasteiger partial charge in [-0.3, -0.25) is 4.79 Å². The Labute approximate surface area is 196 Å². The summed E-state index contributed by atoms with van der Waals surface area (Å²) >= 11 is 0. The quantitative estimate of drug-likeness (QED) is 0.478. The number of amides is 1. The summed E-state index contributed by atoms with van der Waals surface area (Å²) < 4.78 is 5.78. The fraction of sp³-hybridized carbons (Fsp3) is 0.370. The number of nitrogens with zero attached hydrogens (tertiary/aromatic N) is 4.